The minimum atomic E-state index is -0.756. The van der Waals surface area contributed by atoms with E-state index in [4.69, 9.17) is 4.52 Å². The first-order chi connectivity index (χ1) is 9.88. The first-order valence-electron chi connectivity index (χ1n) is 7.35. The SMILES string of the molecule is Cc1noc(C2CN(C(CC(C)C)C(=O)O)CCN2C)n1. The van der Waals surface area contributed by atoms with Gasteiger partial charge in [0.25, 0.3) is 0 Å². The van der Waals surface area contributed by atoms with Gasteiger partial charge in [-0.15, -0.1) is 0 Å². The average Bonchev–Trinajstić information content (AvgIpc) is 2.83. The number of nitrogens with zero attached hydrogens (tertiary/aromatic N) is 4. The van der Waals surface area contributed by atoms with Crippen molar-refractivity contribution < 1.29 is 14.4 Å². The maximum Gasteiger partial charge on any atom is 0.320 e. The standard InChI is InChI=1S/C14H24N4O3/c1-9(2)7-11(14(19)20)18-6-5-17(4)12(8-18)13-15-10(3)16-21-13/h9,11-12H,5-8H2,1-4H3,(H,19,20). The Hall–Kier alpha value is -1.47. The van der Waals surface area contributed by atoms with Crippen LogP contribution in [-0.2, 0) is 4.79 Å². The van der Waals surface area contributed by atoms with Crippen LogP contribution in [0, 0.1) is 12.8 Å². The van der Waals surface area contributed by atoms with Crippen LogP contribution < -0.4 is 0 Å². The Bertz CT molecular complexity index is 488. The number of rotatable bonds is 5. The molecule has 1 aromatic rings. The van der Waals surface area contributed by atoms with Gasteiger partial charge in [-0.25, -0.2) is 0 Å². The van der Waals surface area contributed by atoms with Gasteiger partial charge in [0.15, 0.2) is 5.82 Å². The molecular formula is C14H24N4O3. The lowest BCUT2D eigenvalue weighted by molar-refractivity contribution is -0.145. The van der Waals surface area contributed by atoms with Crippen LogP contribution in [0.15, 0.2) is 4.52 Å². The van der Waals surface area contributed by atoms with Crippen LogP contribution in [0.1, 0.15) is 38.0 Å². The second-order valence-electron chi connectivity index (χ2n) is 6.15. The minimum Gasteiger partial charge on any atom is -0.480 e. The van der Waals surface area contributed by atoms with Gasteiger partial charge in [0, 0.05) is 19.6 Å². The summed E-state index contributed by atoms with van der Waals surface area (Å²) in [5.41, 5.74) is 0. The second-order valence-corrected chi connectivity index (χ2v) is 6.15. The molecule has 1 saturated heterocycles. The highest BCUT2D eigenvalue weighted by atomic mass is 16.5. The first kappa shape index (κ1) is 15.9. The van der Waals surface area contributed by atoms with Gasteiger partial charge in [-0.1, -0.05) is 19.0 Å². The van der Waals surface area contributed by atoms with Crippen molar-refractivity contribution in [2.24, 2.45) is 5.92 Å². The van der Waals surface area contributed by atoms with Gasteiger partial charge in [0.05, 0.1) is 0 Å². The van der Waals surface area contributed by atoms with E-state index in [0.717, 1.165) is 13.1 Å². The fraction of sp³-hybridized carbons (Fsp3) is 0.786. The zero-order chi connectivity index (χ0) is 15.6. The number of carbonyl (C=O) groups is 1. The predicted molar refractivity (Wildman–Crippen MR) is 76.9 cm³/mol. The Labute approximate surface area is 124 Å². The minimum absolute atomic E-state index is 0.0473. The van der Waals surface area contributed by atoms with E-state index in [1.165, 1.54) is 0 Å². The van der Waals surface area contributed by atoms with Crippen LogP contribution in [0.5, 0.6) is 0 Å². The molecule has 0 spiro atoms. The van der Waals surface area contributed by atoms with Gasteiger partial charge < -0.3 is 9.63 Å². The van der Waals surface area contributed by atoms with E-state index in [9.17, 15) is 9.90 Å². The summed E-state index contributed by atoms with van der Waals surface area (Å²) in [4.78, 5) is 20.0. The number of likely N-dealkylation sites (N-methyl/N-ethyl adjacent to an activating group) is 1. The van der Waals surface area contributed by atoms with Gasteiger partial charge in [-0.05, 0) is 26.3 Å². The number of carboxylic acids is 1. The first-order valence-corrected chi connectivity index (χ1v) is 7.35. The fourth-order valence-electron chi connectivity index (χ4n) is 2.75. The molecule has 7 heteroatoms. The van der Waals surface area contributed by atoms with E-state index in [0.29, 0.717) is 30.6 Å². The third-order valence-electron chi connectivity index (χ3n) is 3.93. The quantitative estimate of drug-likeness (QED) is 0.873. The van der Waals surface area contributed by atoms with Crippen molar-refractivity contribution in [2.45, 2.75) is 39.3 Å². The molecule has 1 aromatic heterocycles. The van der Waals surface area contributed by atoms with Gasteiger partial charge in [-0.3, -0.25) is 14.6 Å². The third-order valence-corrected chi connectivity index (χ3v) is 3.93. The van der Waals surface area contributed by atoms with Gasteiger partial charge in [0.2, 0.25) is 5.89 Å². The highest BCUT2D eigenvalue weighted by molar-refractivity contribution is 5.73. The summed E-state index contributed by atoms with van der Waals surface area (Å²) < 4.78 is 5.27. The Morgan fingerprint density at radius 3 is 2.71 bits per heavy atom. The van der Waals surface area contributed by atoms with Crippen molar-refractivity contribution in [1.29, 1.82) is 0 Å². The number of hydrogen-bond acceptors (Lipinski definition) is 6. The smallest absolute Gasteiger partial charge is 0.320 e. The number of aryl methyl sites for hydroxylation is 1. The molecule has 21 heavy (non-hydrogen) atoms. The summed E-state index contributed by atoms with van der Waals surface area (Å²) in [6.07, 6.45) is 0.647. The highest BCUT2D eigenvalue weighted by Gasteiger charge is 2.35. The largest absolute Gasteiger partial charge is 0.480 e. The molecule has 1 aliphatic heterocycles. The van der Waals surface area contributed by atoms with E-state index in [1.807, 2.05) is 25.8 Å². The van der Waals surface area contributed by atoms with Crippen molar-refractivity contribution >= 4 is 5.97 Å². The van der Waals surface area contributed by atoms with Crippen molar-refractivity contribution in [3.8, 4) is 0 Å². The number of aliphatic carboxylic acids is 1. The molecule has 1 aliphatic rings. The zero-order valence-corrected chi connectivity index (χ0v) is 13.1. The van der Waals surface area contributed by atoms with Crippen molar-refractivity contribution in [1.82, 2.24) is 19.9 Å². The molecule has 1 N–H and O–H groups in total. The van der Waals surface area contributed by atoms with Crippen LogP contribution in [0.4, 0.5) is 0 Å². The molecule has 0 radical (unpaired) electrons. The zero-order valence-electron chi connectivity index (χ0n) is 13.1. The number of piperazine rings is 1. The highest BCUT2D eigenvalue weighted by Crippen LogP contribution is 2.25. The van der Waals surface area contributed by atoms with Gasteiger partial charge in [-0.2, -0.15) is 4.98 Å². The summed E-state index contributed by atoms with van der Waals surface area (Å²) in [6.45, 7) is 8.00. The van der Waals surface area contributed by atoms with Crippen LogP contribution in [0.3, 0.4) is 0 Å². The number of aromatic nitrogens is 2. The fourth-order valence-corrected chi connectivity index (χ4v) is 2.75. The van der Waals surface area contributed by atoms with Gasteiger partial charge >= 0.3 is 5.97 Å². The number of carboxylic acid groups (broad SMARTS) is 1. The van der Waals surface area contributed by atoms with Crippen LogP contribution in [-0.4, -0.2) is 63.7 Å². The molecule has 2 atom stereocenters. The van der Waals surface area contributed by atoms with E-state index in [1.54, 1.807) is 6.92 Å². The van der Waals surface area contributed by atoms with Gasteiger partial charge in [0.1, 0.15) is 12.1 Å². The van der Waals surface area contributed by atoms with E-state index in [2.05, 4.69) is 15.0 Å². The summed E-state index contributed by atoms with van der Waals surface area (Å²) in [6, 6.07) is -0.501. The average molecular weight is 296 g/mol. The lowest BCUT2D eigenvalue weighted by Gasteiger charge is -2.40. The summed E-state index contributed by atoms with van der Waals surface area (Å²) in [7, 11) is 2.00. The monoisotopic (exact) mass is 296 g/mol. The normalized spacial score (nSPS) is 22.6. The summed E-state index contributed by atoms with van der Waals surface area (Å²) in [5, 5.41) is 13.3. The molecule has 0 aliphatic carbocycles. The van der Waals surface area contributed by atoms with Crippen LogP contribution in [0.2, 0.25) is 0 Å². The van der Waals surface area contributed by atoms with Crippen LogP contribution >= 0.6 is 0 Å². The summed E-state index contributed by atoms with van der Waals surface area (Å²) in [5.74, 6) is 0.754. The number of hydrogen-bond donors (Lipinski definition) is 1. The Kier molecular flexibility index (Phi) is 4.95. The molecule has 2 unspecified atom stereocenters. The second kappa shape index (κ2) is 6.53. The van der Waals surface area contributed by atoms with Crippen molar-refractivity contribution in [3.05, 3.63) is 11.7 Å². The molecule has 2 rings (SSSR count). The Morgan fingerprint density at radius 2 is 2.19 bits per heavy atom. The van der Waals surface area contributed by atoms with Crippen molar-refractivity contribution in [3.63, 3.8) is 0 Å². The van der Waals surface area contributed by atoms with E-state index < -0.39 is 12.0 Å². The topological polar surface area (TPSA) is 82.7 Å². The Balaban J connectivity index is 2.13. The van der Waals surface area contributed by atoms with E-state index >= 15 is 0 Å². The molecule has 2 heterocycles. The lowest BCUT2D eigenvalue weighted by Crippen LogP contribution is -2.53. The maximum absolute atomic E-state index is 11.6. The molecular weight excluding hydrogens is 272 g/mol. The molecule has 0 bridgehead atoms. The molecule has 0 amide bonds. The third kappa shape index (κ3) is 3.79. The van der Waals surface area contributed by atoms with E-state index in [-0.39, 0.29) is 6.04 Å². The molecule has 1 fully saturated rings. The molecule has 118 valence electrons. The van der Waals surface area contributed by atoms with Crippen LogP contribution in [0.25, 0.3) is 0 Å². The predicted octanol–water partition coefficient (Wildman–Crippen LogP) is 1.17. The molecule has 0 saturated carbocycles. The lowest BCUT2D eigenvalue weighted by atomic mass is 10.0. The Morgan fingerprint density at radius 1 is 1.48 bits per heavy atom. The summed E-state index contributed by atoms with van der Waals surface area (Å²) >= 11 is 0. The van der Waals surface area contributed by atoms with Crippen molar-refractivity contribution in [2.75, 3.05) is 26.7 Å². The maximum atomic E-state index is 11.6. The molecule has 7 nitrogen and oxygen atoms in total. The molecule has 0 aromatic carbocycles.